The number of tetrazole rings is 1. The van der Waals surface area contributed by atoms with Gasteiger partial charge in [0.1, 0.15) is 12.2 Å². The zero-order valence-corrected chi connectivity index (χ0v) is 23.4. The third kappa shape index (κ3) is 6.79. The molecule has 0 aliphatic rings. The second-order valence-corrected chi connectivity index (χ2v) is 9.43. The molecule has 0 spiro atoms. The van der Waals surface area contributed by atoms with Crippen LogP contribution >= 0.6 is 11.6 Å². The summed E-state index contributed by atoms with van der Waals surface area (Å²) in [4.78, 5) is 39.4. The van der Waals surface area contributed by atoms with E-state index in [1.54, 1.807) is 31.2 Å². The highest BCUT2D eigenvalue weighted by Crippen LogP contribution is 2.26. The van der Waals surface area contributed by atoms with Crippen molar-refractivity contribution in [2.45, 2.75) is 26.1 Å². The molecule has 0 saturated heterocycles. The molecule has 222 valence electrons. The minimum absolute atomic E-state index is 0.0129. The van der Waals surface area contributed by atoms with Crippen LogP contribution in [0.5, 0.6) is 0 Å². The number of aryl methyl sites for hydroxylation is 1. The Bertz CT molecular complexity index is 1760. The maximum atomic E-state index is 13.8. The van der Waals surface area contributed by atoms with E-state index in [-0.39, 0.29) is 46.1 Å². The first-order valence-electron chi connectivity index (χ1n) is 12.2. The number of aromatic nitrogens is 6. The van der Waals surface area contributed by atoms with Crippen LogP contribution in [-0.4, -0.2) is 66.9 Å². The van der Waals surface area contributed by atoms with Gasteiger partial charge in [-0.2, -0.15) is 28.3 Å². The molecule has 0 saturated carbocycles. The second kappa shape index (κ2) is 12.3. The van der Waals surface area contributed by atoms with Gasteiger partial charge in [-0.05, 0) is 53.6 Å². The van der Waals surface area contributed by atoms with E-state index in [4.69, 9.17) is 11.6 Å². The summed E-state index contributed by atoms with van der Waals surface area (Å²) >= 11 is 6.37. The Kier molecular flexibility index (Phi) is 8.76. The van der Waals surface area contributed by atoms with Crippen LogP contribution < -0.4 is 5.43 Å². The van der Waals surface area contributed by atoms with Crippen LogP contribution in [0.25, 0.3) is 5.69 Å². The van der Waals surface area contributed by atoms with Gasteiger partial charge in [0.2, 0.25) is 0 Å². The molecule has 1 N–H and O–H groups in total. The third-order valence-corrected chi connectivity index (χ3v) is 6.36. The molecule has 13 nitrogen and oxygen atoms in total. The van der Waals surface area contributed by atoms with Gasteiger partial charge in [0, 0.05) is 19.0 Å². The molecule has 17 heteroatoms. The Labute approximate surface area is 246 Å². The van der Waals surface area contributed by atoms with Crippen LogP contribution in [0.1, 0.15) is 49.1 Å². The van der Waals surface area contributed by atoms with Crippen molar-refractivity contribution in [2.75, 3.05) is 14.2 Å². The third-order valence-electron chi connectivity index (χ3n) is 6.04. The Hall–Kier alpha value is -5.30. The SMILES string of the molecule is COC(=O)N(C)NC(=O)c1cc(C#N)cc(C)c1CC(=O)c1cc(Cn2nnc(C(F)(F)F)n2)nn1-c1ccccc1Cl. The average Bonchev–Trinajstić information content (AvgIpc) is 3.61. The number of nitrogens with zero attached hydrogens (tertiary/aromatic N) is 8. The molecule has 0 radical (unpaired) electrons. The summed E-state index contributed by atoms with van der Waals surface area (Å²) in [7, 11) is 2.38. The quantitative estimate of drug-likeness (QED) is 0.242. The monoisotopic (exact) mass is 615 g/mol. The van der Waals surface area contributed by atoms with Gasteiger partial charge >= 0.3 is 12.3 Å². The van der Waals surface area contributed by atoms with E-state index >= 15 is 0 Å². The smallest absolute Gasteiger partial charge is 0.452 e. The number of hydrazine groups is 1. The zero-order chi connectivity index (χ0) is 31.5. The fourth-order valence-electron chi connectivity index (χ4n) is 4.05. The Morgan fingerprint density at radius 3 is 2.51 bits per heavy atom. The lowest BCUT2D eigenvalue weighted by molar-refractivity contribution is -0.145. The van der Waals surface area contributed by atoms with Gasteiger partial charge in [0.05, 0.1) is 35.1 Å². The van der Waals surface area contributed by atoms with E-state index in [1.807, 2.05) is 6.07 Å². The number of hydrogen-bond donors (Lipinski definition) is 1. The molecule has 0 fully saturated rings. The predicted molar refractivity (Wildman–Crippen MR) is 142 cm³/mol. The van der Waals surface area contributed by atoms with Gasteiger partial charge in [-0.1, -0.05) is 23.7 Å². The second-order valence-electron chi connectivity index (χ2n) is 9.03. The van der Waals surface area contributed by atoms with Crippen molar-refractivity contribution in [2.24, 2.45) is 0 Å². The average molecular weight is 616 g/mol. The maximum absolute atomic E-state index is 13.8. The van der Waals surface area contributed by atoms with Crippen molar-refractivity contribution < 1.29 is 32.3 Å². The van der Waals surface area contributed by atoms with Crippen LogP contribution in [0, 0.1) is 18.3 Å². The molecule has 2 heterocycles. The molecule has 2 aromatic heterocycles. The van der Waals surface area contributed by atoms with Crippen LogP contribution in [-0.2, 0) is 23.9 Å². The number of nitrogens with one attached hydrogen (secondary N) is 1. The molecule has 0 aliphatic heterocycles. The number of hydrogen-bond acceptors (Lipinski definition) is 9. The number of ketones is 1. The molecular weight excluding hydrogens is 595 g/mol. The molecule has 43 heavy (non-hydrogen) atoms. The number of carbonyl (C=O) groups excluding carboxylic acids is 3. The van der Waals surface area contributed by atoms with Gasteiger partial charge in [-0.3, -0.25) is 15.0 Å². The van der Waals surface area contributed by atoms with Gasteiger partial charge < -0.3 is 4.74 Å². The Morgan fingerprint density at radius 2 is 1.88 bits per heavy atom. The van der Waals surface area contributed by atoms with Gasteiger partial charge in [0.25, 0.3) is 11.7 Å². The van der Waals surface area contributed by atoms with E-state index in [0.29, 0.717) is 16.0 Å². The number of halogens is 4. The van der Waals surface area contributed by atoms with Gasteiger partial charge in [-0.15, -0.1) is 10.2 Å². The van der Waals surface area contributed by atoms with Crippen molar-refractivity contribution >= 4 is 29.4 Å². The van der Waals surface area contributed by atoms with Crippen molar-refractivity contribution in [3.8, 4) is 11.8 Å². The first-order chi connectivity index (χ1) is 20.3. The fraction of sp³-hybridized carbons (Fsp3) is 0.231. The number of rotatable bonds is 7. The number of Topliss-reactive ketones (excluding diaryl/α,β-unsaturated/α-hetero) is 1. The molecule has 4 aromatic rings. The lowest BCUT2D eigenvalue weighted by Gasteiger charge is -2.19. The van der Waals surface area contributed by atoms with Crippen LogP contribution in [0.4, 0.5) is 18.0 Å². The van der Waals surface area contributed by atoms with Crippen molar-refractivity contribution in [3.63, 3.8) is 0 Å². The molecule has 2 amide bonds. The van der Waals surface area contributed by atoms with E-state index in [0.717, 1.165) is 12.1 Å². The number of ether oxygens (including phenoxy) is 1. The molecule has 0 unspecified atom stereocenters. The minimum Gasteiger partial charge on any atom is -0.452 e. The number of amides is 2. The van der Waals surface area contributed by atoms with Crippen LogP contribution in [0.3, 0.4) is 0 Å². The number of methoxy groups -OCH3 is 1. The molecule has 4 rings (SSSR count). The summed E-state index contributed by atoms with van der Waals surface area (Å²) in [5.41, 5.74) is 3.52. The summed E-state index contributed by atoms with van der Waals surface area (Å²) in [6.45, 7) is 1.25. The Morgan fingerprint density at radius 1 is 1.16 bits per heavy atom. The van der Waals surface area contributed by atoms with Crippen molar-refractivity contribution in [1.29, 1.82) is 5.26 Å². The highest BCUT2D eigenvalue weighted by atomic mass is 35.5. The summed E-state index contributed by atoms with van der Waals surface area (Å²) in [5.74, 6) is -2.77. The molecule has 0 atom stereocenters. The summed E-state index contributed by atoms with van der Waals surface area (Å²) < 4.78 is 44.7. The van der Waals surface area contributed by atoms with Crippen molar-refractivity contribution in [3.05, 3.63) is 87.0 Å². The highest BCUT2D eigenvalue weighted by molar-refractivity contribution is 6.32. The Balaban J connectivity index is 1.74. The normalized spacial score (nSPS) is 11.1. The summed E-state index contributed by atoms with van der Waals surface area (Å²) in [5, 5.41) is 24.6. The van der Waals surface area contributed by atoms with Crippen molar-refractivity contribution in [1.82, 2.24) is 40.4 Å². The van der Waals surface area contributed by atoms with E-state index < -0.39 is 29.8 Å². The highest BCUT2D eigenvalue weighted by Gasteiger charge is 2.37. The van der Waals surface area contributed by atoms with E-state index in [1.165, 1.54) is 29.9 Å². The molecule has 2 aromatic carbocycles. The van der Waals surface area contributed by atoms with Gasteiger partial charge in [-0.25, -0.2) is 14.5 Å². The first kappa shape index (κ1) is 30.7. The number of nitriles is 1. The molecule has 0 bridgehead atoms. The largest absolute Gasteiger partial charge is 0.455 e. The van der Waals surface area contributed by atoms with E-state index in [9.17, 15) is 32.8 Å². The van der Waals surface area contributed by atoms with Crippen LogP contribution in [0.15, 0.2) is 42.5 Å². The lowest BCUT2D eigenvalue weighted by Crippen LogP contribution is -2.43. The maximum Gasteiger partial charge on any atom is 0.455 e. The number of para-hydroxylation sites is 1. The topological polar surface area (TPSA) is 161 Å². The van der Waals surface area contributed by atoms with Crippen LogP contribution in [0.2, 0.25) is 5.02 Å². The standard InChI is InChI=1S/C26H21ClF3N9O4/c1-14-8-15(12-31)9-18(23(41)34-37(2)25(42)43-3)17(14)11-22(40)21-10-16(13-38-35-24(32-36-38)26(28,29)30)33-39(21)20-7-5-4-6-19(20)27/h4-10H,11,13H2,1-3H3,(H,34,41). The first-order valence-corrected chi connectivity index (χ1v) is 12.6. The number of benzene rings is 2. The summed E-state index contributed by atoms with van der Waals surface area (Å²) in [6, 6.07) is 12.5. The van der Waals surface area contributed by atoms with E-state index in [2.05, 4.69) is 30.7 Å². The predicted octanol–water partition coefficient (Wildman–Crippen LogP) is 3.53. The lowest BCUT2D eigenvalue weighted by atomic mass is 9.93. The zero-order valence-electron chi connectivity index (χ0n) is 22.7. The van der Waals surface area contributed by atoms with Gasteiger partial charge in [0.15, 0.2) is 5.78 Å². The molecular formula is C26H21ClF3N9O4. The molecule has 0 aliphatic carbocycles. The minimum atomic E-state index is -4.80. The number of alkyl halides is 3. The number of carbonyl (C=O) groups is 3. The fourth-order valence-corrected chi connectivity index (χ4v) is 4.26. The summed E-state index contributed by atoms with van der Waals surface area (Å²) in [6.07, 6.45) is -6.03.